The first-order valence-electron chi connectivity index (χ1n) is 4.50. The second-order valence-corrected chi connectivity index (χ2v) is 2.27. The number of unbranched alkanes of at least 4 members (excludes halogenated alkanes) is 1. The number of aliphatic hydroxyl groups is 1. The molecule has 0 unspecified atom stereocenters. The third-order valence-electron chi connectivity index (χ3n) is 1.14. The van der Waals surface area contributed by atoms with Crippen LogP contribution in [0.5, 0.6) is 0 Å². The van der Waals surface area contributed by atoms with Crippen molar-refractivity contribution in [3.8, 4) is 0 Å². The van der Waals surface area contributed by atoms with E-state index in [0.717, 1.165) is 6.61 Å². The van der Waals surface area contributed by atoms with Gasteiger partial charge in [-0.2, -0.15) is 0 Å². The van der Waals surface area contributed by atoms with Crippen LogP contribution in [0.15, 0.2) is 0 Å². The Labute approximate surface area is 75.7 Å². The summed E-state index contributed by atoms with van der Waals surface area (Å²) in [7, 11) is 1.73. The maximum atomic E-state index is 8.07. The van der Waals surface area contributed by atoms with Crippen molar-refractivity contribution in [1.29, 1.82) is 0 Å². The molecular formula is C9H22O3. The van der Waals surface area contributed by atoms with E-state index in [-0.39, 0.29) is 6.61 Å². The van der Waals surface area contributed by atoms with Gasteiger partial charge < -0.3 is 14.6 Å². The Morgan fingerprint density at radius 3 is 2.00 bits per heavy atom. The molecule has 0 aliphatic carbocycles. The van der Waals surface area contributed by atoms with Gasteiger partial charge in [-0.15, -0.1) is 0 Å². The molecule has 0 bridgehead atoms. The van der Waals surface area contributed by atoms with Crippen LogP contribution in [0.2, 0.25) is 0 Å². The fourth-order valence-electron chi connectivity index (χ4n) is 0.498. The van der Waals surface area contributed by atoms with Crippen LogP contribution in [0.25, 0.3) is 0 Å². The number of rotatable bonds is 6. The second-order valence-electron chi connectivity index (χ2n) is 2.27. The monoisotopic (exact) mass is 178 g/mol. The first kappa shape index (κ1) is 14.4. The van der Waals surface area contributed by atoms with Gasteiger partial charge in [0, 0.05) is 20.3 Å². The molecular weight excluding hydrogens is 156 g/mol. The molecule has 0 heterocycles. The number of aliphatic hydroxyl groups excluding tert-OH is 1. The highest BCUT2D eigenvalue weighted by atomic mass is 16.5. The third kappa shape index (κ3) is 22.5. The van der Waals surface area contributed by atoms with Gasteiger partial charge >= 0.3 is 0 Å². The Bertz CT molecular complexity index is 41.7. The topological polar surface area (TPSA) is 38.7 Å². The zero-order chi connectivity index (χ0) is 9.66. The van der Waals surface area contributed by atoms with Crippen LogP contribution in [0.4, 0.5) is 0 Å². The summed E-state index contributed by atoms with van der Waals surface area (Å²) >= 11 is 0. The lowest BCUT2D eigenvalue weighted by Crippen LogP contribution is -1.96. The summed E-state index contributed by atoms with van der Waals surface area (Å²) in [6, 6.07) is 0. The summed E-state index contributed by atoms with van der Waals surface area (Å²) in [5.41, 5.74) is 0. The van der Waals surface area contributed by atoms with Crippen molar-refractivity contribution in [3.63, 3.8) is 0 Å². The highest BCUT2D eigenvalue weighted by Crippen LogP contribution is 1.83. The van der Waals surface area contributed by atoms with E-state index >= 15 is 0 Å². The molecule has 0 aromatic rings. The summed E-state index contributed by atoms with van der Waals surface area (Å²) < 4.78 is 9.51. The molecule has 3 heteroatoms. The largest absolute Gasteiger partial charge is 0.394 e. The van der Waals surface area contributed by atoms with E-state index in [1.165, 1.54) is 12.8 Å². The molecule has 0 spiro atoms. The SMILES string of the molecule is CCCCOC.CCOCCO. The van der Waals surface area contributed by atoms with E-state index in [1.807, 2.05) is 6.92 Å². The Morgan fingerprint density at radius 2 is 1.83 bits per heavy atom. The molecule has 0 radical (unpaired) electrons. The van der Waals surface area contributed by atoms with Gasteiger partial charge in [0.25, 0.3) is 0 Å². The van der Waals surface area contributed by atoms with Gasteiger partial charge in [0.15, 0.2) is 0 Å². The van der Waals surface area contributed by atoms with Gasteiger partial charge in [-0.25, -0.2) is 0 Å². The Kier molecular flexibility index (Phi) is 20.5. The van der Waals surface area contributed by atoms with Crippen molar-refractivity contribution < 1.29 is 14.6 Å². The van der Waals surface area contributed by atoms with Crippen molar-refractivity contribution in [2.24, 2.45) is 0 Å². The predicted molar refractivity (Wildman–Crippen MR) is 50.4 cm³/mol. The normalized spacial score (nSPS) is 9.00. The molecule has 0 saturated carbocycles. The minimum absolute atomic E-state index is 0.133. The van der Waals surface area contributed by atoms with E-state index in [4.69, 9.17) is 14.6 Å². The second kappa shape index (κ2) is 17.1. The van der Waals surface area contributed by atoms with Crippen LogP contribution in [0.3, 0.4) is 0 Å². The predicted octanol–water partition coefficient (Wildman–Crippen LogP) is 1.45. The van der Waals surface area contributed by atoms with Crippen LogP contribution in [0, 0.1) is 0 Å². The summed E-state index contributed by atoms with van der Waals surface area (Å²) in [5.74, 6) is 0. The smallest absolute Gasteiger partial charge is 0.0697 e. The highest BCUT2D eigenvalue weighted by molar-refractivity contribution is 4.26. The minimum atomic E-state index is 0.133. The average Bonchev–Trinajstić information content (AvgIpc) is 2.12. The Morgan fingerprint density at radius 1 is 1.17 bits per heavy atom. The fraction of sp³-hybridized carbons (Fsp3) is 1.00. The van der Waals surface area contributed by atoms with E-state index in [2.05, 4.69) is 6.92 Å². The minimum Gasteiger partial charge on any atom is -0.394 e. The Balaban J connectivity index is 0. The molecule has 0 saturated heterocycles. The van der Waals surface area contributed by atoms with Crippen LogP contribution in [0.1, 0.15) is 26.7 Å². The zero-order valence-corrected chi connectivity index (χ0v) is 8.51. The van der Waals surface area contributed by atoms with Gasteiger partial charge in [0.1, 0.15) is 0 Å². The van der Waals surface area contributed by atoms with Crippen molar-refractivity contribution in [1.82, 2.24) is 0 Å². The maximum absolute atomic E-state index is 8.07. The lowest BCUT2D eigenvalue weighted by Gasteiger charge is -1.91. The van der Waals surface area contributed by atoms with Gasteiger partial charge in [0.2, 0.25) is 0 Å². The molecule has 0 aromatic carbocycles. The summed E-state index contributed by atoms with van der Waals surface area (Å²) in [5, 5.41) is 8.07. The van der Waals surface area contributed by atoms with E-state index in [1.54, 1.807) is 7.11 Å². The molecule has 0 aromatic heterocycles. The number of hydrogen-bond acceptors (Lipinski definition) is 3. The van der Waals surface area contributed by atoms with Crippen molar-refractivity contribution in [2.75, 3.05) is 33.5 Å². The number of ether oxygens (including phenoxy) is 2. The summed E-state index contributed by atoms with van der Waals surface area (Å²) in [4.78, 5) is 0. The van der Waals surface area contributed by atoms with Crippen LogP contribution < -0.4 is 0 Å². The molecule has 3 nitrogen and oxygen atoms in total. The van der Waals surface area contributed by atoms with E-state index < -0.39 is 0 Å². The Hall–Kier alpha value is -0.120. The fourth-order valence-corrected chi connectivity index (χ4v) is 0.498. The number of methoxy groups -OCH3 is 1. The molecule has 0 fully saturated rings. The first-order chi connectivity index (χ1) is 5.83. The zero-order valence-electron chi connectivity index (χ0n) is 8.51. The molecule has 0 aliphatic rings. The summed E-state index contributed by atoms with van der Waals surface area (Å²) in [6.07, 6.45) is 2.42. The van der Waals surface area contributed by atoms with Crippen molar-refractivity contribution >= 4 is 0 Å². The molecule has 12 heavy (non-hydrogen) atoms. The van der Waals surface area contributed by atoms with Crippen LogP contribution >= 0.6 is 0 Å². The van der Waals surface area contributed by atoms with Gasteiger partial charge in [-0.3, -0.25) is 0 Å². The average molecular weight is 178 g/mol. The maximum Gasteiger partial charge on any atom is 0.0697 e. The molecule has 76 valence electrons. The standard InChI is InChI=1S/C5H12O.C4H10O2/c1-3-4-5-6-2;1-2-6-4-3-5/h3-5H2,1-2H3;5H,2-4H2,1H3. The van der Waals surface area contributed by atoms with Gasteiger partial charge in [-0.1, -0.05) is 13.3 Å². The van der Waals surface area contributed by atoms with E-state index in [0.29, 0.717) is 13.2 Å². The quantitative estimate of drug-likeness (QED) is 0.626. The molecule has 0 rings (SSSR count). The first-order valence-corrected chi connectivity index (χ1v) is 4.50. The van der Waals surface area contributed by atoms with Gasteiger partial charge in [0.05, 0.1) is 13.2 Å². The highest BCUT2D eigenvalue weighted by Gasteiger charge is 1.74. The molecule has 0 amide bonds. The number of hydrogen-bond donors (Lipinski definition) is 1. The lowest BCUT2D eigenvalue weighted by molar-refractivity contribution is 0.102. The third-order valence-corrected chi connectivity index (χ3v) is 1.14. The lowest BCUT2D eigenvalue weighted by atomic mass is 10.4. The van der Waals surface area contributed by atoms with Gasteiger partial charge in [-0.05, 0) is 13.3 Å². The van der Waals surface area contributed by atoms with Crippen molar-refractivity contribution in [2.45, 2.75) is 26.7 Å². The molecule has 0 aliphatic heterocycles. The van der Waals surface area contributed by atoms with Crippen molar-refractivity contribution in [3.05, 3.63) is 0 Å². The molecule has 0 atom stereocenters. The summed E-state index contributed by atoms with van der Waals surface area (Å²) in [6.45, 7) is 6.26. The van der Waals surface area contributed by atoms with E-state index in [9.17, 15) is 0 Å². The van der Waals surface area contributed by atoms with Crippen LogP contribution in [-0.4, -0.2) is 38.6 Å². The molecule has 1 N–H and O–H groups in total. The van der Waals surface area contributed by atoms with Crippen LogP contribution in [-0.2, 0) is 9.47 Å².